The molecular weight excluding hydrogens is 146 g/mol. The van der Waals surface area contributed by atoms with Crippen molar-refractivity contribution in [1.82, 2.24) is 14.3 Å². The number of aryl methyl sites for hydroxylation is 1. The Bertz CT molecular complexity index is 355. The van der Waals surface area contributed by atoms with Crippen molar-refractivity contribution in [2.75, 3.05) is 0 Å². The average Bonchev–Trinajstić information content (AvgIpc) is 2.36. The molecule has 0 aliphatic heterocycles. The van der Waals surface area contributed by atoms with Crippen molar-refractivity contribution < 1.29 is 0 Å². The molecule has 0 aliphatic carbocycles. The summed E-state index contributed by atoms with van der Waals surface area (Å²) in [7, 11) is 0. The Balaban J connectivity index is 2.95. The van der Waals surface area contributed by atoms with Crippen molar-refractivity contribution in [3.63, 3.8) is 0 Å². The van der Waals surface area contributed by atoms with Crippen molar-refractivity contribution in [3.05, 3.63) is 18.2 Å². The van der Waals surface area contributed by atoms with Gasteiger partial charge in [-0.2, -0.15) is 4.37 Å². The second-order valence-electron chi connectivity index (χ2n) is 2.00. The standard InChI is InChI=1S/C6H5N3S/c1-4-6-5(2-9-10-6)8-3-7-4/h2-3H,1H3. The third kappa shape index (κ3) is 0.690. The molecule has 0 aliphatic rings. The lowest BCUT2D eigenvalue weighted by Crippen LogP contribution is -1.80. The normalized spacial score (nSPS) is 10.5. The highest BCUT2D eigenvalue weighted by molar-refractivity contribution is 7.13. The zero-order valence-electron chi connectivity index (χ0n) is 5.40. The molecule has 0 radical (unpaired) electrons. The molecule has 2 aromatic rings. The van der Waals surface area contributed by atoms with Crippen molar-refractivity contribution in [2.24, 2.45) is 0 Å². The molecule has 2 heterocycles. The van der Waals surface area contributed by atoms with Gasteiger partial charge in [0.2, 0.25) is 0 Å². The van der Waals surface area contributed by atoms with Crippen molar-refractivity contribution in [2.45, 2.75) is 6.92 Å². The molecule has 0 atom stereocenters. The van der Waals surface area contributed by atoms with Crippen LogP contribution < -0.4 is 0 Å². The Hall–Kier alpha value is -1.03. The Morgan fingerprint density at radius 3 is 3.10 bits per heavy atom. The maximum atomic E-state index is 4.04. The second-order valence-corrected chi connectivity index (χ2v) is 2.80. The summed E-state index contributed by atoms with van der Waals surface area (Å²) < 4.78 is 5.09. The topological polar surface area (TPSA) is 38.7 Å². The van der Waals surface area contributed by atoms with Crippen LogP contribution in [0.2, 0.25) is 0 Å². The van der Waals surface area contributed by atoms with Gasteiger partial charge in [-0.25, -0.2) is 9.97 Å². The Morgan fingerprint density at radius 1 is 1.40 bits per heavy atom. The molecule has 10 heavy (non-hydrogen) atoms. The van der Waals surface area contributed by atoms with E-state index in [0.29, 0.717) is 0 Å². The summed E-state index contributed by atoms with van der Waals surface area (Å²) in [6.07, 6.45) is 3.32. The van der Waals surface area contributed by atoms with Gasteiger partial charge in [-0.05, 0) is 18.5 Å². The zero-order chi connectivity index (χ0) is 6.97. The lowest BCUT2D eigenvalue weighted by Gasteiger charge is -1.88. The van der Waals surface area contributed by atoms with Gasteiger partial charge in [0, 0.05) is 0 Å². The van der Waals surface area contributed by atoms with Crippen LogP contribution in [0.1, 0.15) is 5.69 Å². The summed E-state index contributed by atoms with van der Waals surface area (Å²) in [5.74, 6) is 0. The highest BCUT2D eigenvalue weighted by Gasteiger charge is 1.99. The second kappa shape index (κ2) is 1.98. The molecule has 0 saturated heterocycles. The van der Waals surface area contributed by atoms with Gasteiger partial charge in [0.05, 0.1) is 16.6 Å². The van der Waals surface area contributed by atoms with Crippen molar-refractivity contribution >= 4 is 21.7 Å². The quantitative estimate of drug-likeness (QED) is 0.571. The summed E-state index contributed by atoms with van der Waals surface area (Å²) in [6.45, 7) is 1.96. The summed E-state index contributed by atoms with van der Waals surface area (Å²) in [6, 6.07) is 0. The molecule has 3 nitrogen and oxygen atoms in total. The summed E-state index contributed by atoms with van der Waals surface area (Å²) >= 11 is 1.44. The first-order valence-corrected chi connectivity index (χ1v) is 3.67. The zero-order valence-corrected chi connectivity index (χ0v) is 6.22. The molecule has 4 heteroatoms. The van der Waals surface area contributed by atoms with Crippen LogP contribution >= 0.6 is 11.5 Å². The largest absolute Gasteiger partial charge is 0.240 e. The van der Waals surface area contributed by atoms with Crippen molar-refractivity contribution in [1.29, 1.82) is 0 Å². The monoisotopic (exact) mass is 151 g/mol. The van der Waals surface area contributed by atoms with E-state index in [2.05, 4.69) is 14.3 Å². The lowest BCUT2D eigenvalue weighted by atomic mass is 10.4. The van der Waals surface area contributed by atoms with E-state index in [1.165, 1.54) is 11.5 Å². The predicted octanol–water partition coefficient (Wildman–Crippen LogP) is 1.39. The average molecular weight is 151 g/mol. The fourth-order valence-corrected chi connectivity index (χ4v) is 1.46. The van der Waals surface area contributed by atoms with E-state index < -0.39 is 0 Å². The van der Waals surface area contributed by atoms with E-state index in [1.807, 2.05) is 6.92 Å². The number of rotatable bonds is 0. The molecule has 50 valence electrons. The van der Waals surface area contributed by atoms with Gasteiger partial charge in [0.25, 0.3) is 0 Å². The minimum absolute atomic E-state index is 0.942. The molecule has 0 fully saturated rings. The molecule has 2 aromatic heterocycles. The minimum Gasteiger partial charge on any atom is -0.240 e. The van der Waals surface area contributed by atoms with Gasteiger partial charge in [-0.3, -0.25) is 0 Å². The Kier molecular flexibility index (Phi) is 1.14. The number of hydrogen-bond acceptors (Lipinski definition) is 4. The Labute approximate surface area is 61.9 Å². The molecule has 0 saturated carbocycles. The third-order valence-corrected chi connectivity index (χ3v) is 2.23. The highest BCUT2D eigenvalue weighted by Crippen LogP contribution is 2.16. The first-order chi connectivity index (χ1) is 4.88. The van der Waals surface area contributed by atoms with Gasteiger partial charge in [0.15, 0.2) is 0 Å². The first kappa shape index (κ1) is 5.73. The van der Waals surface area contributed by atoms with Crippen LogP contribution in [0.5, 0.6) is 0 Å². The van der Waals surface area contributed by atoms with Crippen molar-refractivity contribution in [3.8, 4) is 0 Å². The van der Waals surface area contributed by atoms with E-state index in [-0.39, 0.29) is 0 Å². The molecular formula is C6H5N3S. The molecule has 0 spiro atoms. The number of hydrogen-bond donors (Lipinski definition) is 0. The van der Waals surface area contributed by atoms with Crippen LogP contribution in [0.4, 0.5) is 0 Å². The van der Waals surface area contributed by atoms with Crippen LogP contribution in [-0.4, -0.2) is 14.3 Å². The number of nitrogens with zero attached hydrogens (tertiary/aromatic N) is 3. The SMILES string of the molecule is Cc1ncnc2cnsc12. The maximum absolute atomic E-state index is 4.04. The van der Waals surface area contributed by atoms with Gasteiger partial charge in [0.1, 0.15) is 11.8 Å². The summed E-state index contributed by atoms with van der Waals surface area (Å²) in [5.41, 5.74) is 1.95. The summed E-state index contributed by atoms with van der Waals surface area (Å²) in [5, 5.41) is 0. The molecule has 0 N–H and O–H groups in total. The summed E-state index contributed by atoms with van der Waals surface area (Å²) in [4.78, 5) is 8.08. The van der Waals surface area contributed by atoms with Gasteiger partial charge in [-0.15, -0.1) is 0 Å². The van der Waals surface area contributed by atoms with E-state index in [9.17, 15) is 0 Å². The van der Waals surface area contributed by atoms with Crippen LogP contribution in [0, 0.1) is 6.92 Å². The smallest absolute Gasteiger partial charge is 0.116 e. The van der Waals surface area contributed by atoms with Gasteiger partial charge < -0.3 is 0 Å². The first-order valence-electron chi connectivity index (χ1n) is 2.90. The molecule has 0 unspecified atom stereocenters. The van der Waals surface area contributed by atoms with Gasteiger partial charge >= 0.3 is 0 Å². The van der Waals surface area contributed by atoms with Crippen LogP contribution in [0.3, 0.4) is 0 Å². The Morgan fingerprint density at radius 2 is 2.30 bits per heavy atom. The highest BCUT2D eigenvalue weighted by atomic mass is 32.1. The molecule has 0 bridgehead atoms. The third-order valence-electron chi connectivity index (χ3n) is 1.33. The minimum atomic E-state index is 0.942. The number of aromatic nitrogens is 3. The molecule has 0 amide bonds. The van der Waals surface area contributed by atoms with Crippen LogP contribution in [0.15, 0.2) is 12.5 Å². The predicted molar refractivity (Wildman–Crippen MR) is 39.9 cm³/mol. The van der Waals surface area contributed by atoms with E-state index >= 15 is 0 Å². The van der Waals surface area contributed by atoms with Gasteiger partial charge in [-0.1, -0.05) is 0 Å². The fourth-order valence-electron chi connectivity index (χ4n) is 0.814. The van der Waals surface area contributed by atoms with Crippen LogP contribution in [0.25, 0.3) is 10.2 Å². The maximum Gasteiger partial charge on any atom is 0.116 e. The molecule has 0 aromatic carbocycles. The van der Waals surface area contributed by atoms with E-state index in [0.717, 1.165) is 15.9 Å². The molecule has 2 rings (SSSR count). The van der Waals surface area contributed by atoms with Crippen LogP contribution in [-0.2, 0) is 0 Å². The fraction of sp³-hybridized carbons (Fsp3) is 0.167. The van der Waals surface area contributed by atoms with E-state index in [4.69, 9.17) is 0 Å². The lowest BCUT2D eigenvalue weighted by molar-refractivity contribution is 1.16. The van der Waals surface area contributed by atoms with E-state index in [1.54, 1.807) is 12.5 Å². The number of fused-ring (bicyclic) bond motifs is 1.